The normalized spacial score (nSPS) is 18.5. The maximum absolute atomic E-state index is 5.86. The van der Waals surface area contributed by atoms with Gasteiger partial charge in [-0.1, -0.05) is 12.1 Å². The number of aromatic nitrogens is 2. The lowest BCUT2D eigenvalue weighted by atomic mass is 10.0. The van der Waals surface area contributed by atoms with Crippen LogP contribution in [0.1, 0.15) is 18.0 Å². The van der Waals surface area contributed by atoms with E-state index >= 15 is 0 Å². The van der Waals surface area contributed by atoms with Gasteiger partial charge in [0.15, 0.2) is 0 Å². The SMILES string of the molecule is Nc1cccc(C2CCNc3c(N)cnn32)c1. The first kappa shape index (κ1) is 10.0. The standard InChI is InChI=1S/C12H15N5/c13-9-3-1-2-8(6-9)11-4-5-15-12-10(14)7-16-17(11)12/h1-3,6-7,11,15H,4-5,13-14H2. The first-order valence-electron chi connectivity index (χ1n) is 5.68. The zero-order valence-corrected chi connectivity index (χ0v) is 9.43. The van der Waals surface area contributed by atoms with Crippen LogP contribution in [-0.4, -0.2) is 16.3 Å². The Balaban J connectivity index is 2.06. The number of nitrogens with two attached hydrogens (primary N) is 2. The number of benzene rings is 1. The van der Waals surface area contributed by atoms with Crippen LogP contribution in [0.3, 0.4) is 0 Å². The first-order chi connectivity index (χ1) is 8.25. The van der Waals surface area contributed by atoms with Gasteiger partial charge in [-0.25, -0.2) is 4.68 Å². The lowest BCUT2D eigenvalue weighted by molar-refractivity contribution is 0.482. The average molecular weight is 229 g/mol. The van der Waals surface area contributed by atoms with E-state index in [-0.39, 0.29) is 6.04 Å². The Bertz CT molecular complexity index is 546. The summed E-state index contributed by atoms with van der Waals surface area (Å²) in [5, 5.41) is 7.60. The molecule has 0 bridgehead atoms. The molecule has 1 atom stereocenters. The van der Waals surface area contributed by atoms with E-state index in [4.69, 9.17) is 11.5 Å². The number of nitrogens with zero attached hydrogens (tertiary/aromatic N) is 2. The number of rotatable bonds is 1. The minimum absolute atomic E-state index is 0.215. The molecule has 1 unspecified atom stereocenters. The van der Waals surface area contributed by atoms with Crippen molar-refractivity contribution in [1.82, 2.24) is 9.78 Å². The quantitative estimate of drug-likeness (QED) is 0.646. The predicted octanol–water partition coefficient (Wildman–Crippen LogP) is 1.45. The van der Waals surface area contributed by atoms with E-state index in [1.165, 1.54) is 5.56 Å². The molecule has 0 fully saturated rings. The van der Waals surface area contributed by atoms with Crippen LogP contribution in [-0.2, 0) is 0 Å². The third kappa shape index (κ3) is 1.60. The number of hydrogen-bond donors (Lipinski definition) is 3. The summed E-state index contributed by atoms with van der Waals surface area (Å²) < 4.78 is 1.94. The number of anilines is 3. The average Bonchev–Trinajstić information content (AvgIpc) is 2.71. The molecule has 0 aliphatic carbocycles. The maximum Gasteiger partial charge on any atom is 0.148 e. The molecule has 5 N–H and O–H groups in total. The topological polar surface area (TPSA) is 81.9 Å². The number of nitrogen functional groups attached to an aromatic ring is 2. The minimum atomic E-state index is 0.215. The molecule has 88 valence electrons. The van der Waals surface area contributed by atoms with Crippen molar-refractivity contribution in [2.75, 3.05) is 23.3 Å². The van der Waals surface area contributed by atoms with E-state index in [1.54, 1.807) is 6.20 Å². The van der Waals surface area contributed by atoms with Gasteiger partial charge in [-0.2, -0.15) is 5.10 Å². The summed E-state index contributed by atoms with van der Waals surface area (Å²) in [5.41, 5.74) is 14.3. The smallest absolute Gasteiger partial charge is 0.148 e. The molecule has 0 spiro atoms. The fraction of sp³-hybridized carbons (Fsp3) is 0.250. The van der Waals surface area contributed by atoms with Crippen molar-refractivity contribution in [3.05, 3.63) is 36.0 Å². The summed E-state index contributed by atoms with van der Waals surface area (Å²) in [7, 11) is 0. The molecule has 5 heteroatoms. The van der Waals surface area contributed by atoms with Gasteiger partial charge in [-0.3, -0.25) is 0 Å². The zero-order chi connectivity index (χ0) is 11.8. The van der Waals surface area contributed by atoms with Crippen molar-refractivity contribution < 1.29 is 0 Å². The summed E-state index contributed by atoms with van der Waals surface area (Å²) in [5.74, 6) is 0.906. The third-order valence-corrected chi connectivity index (χ3v) is 3.12. The first-order valence-corrected chi connectivity index (χ1v) is 5.68. The van der Waals surface area contributed by atoms with Crippen LogP contribution >= 0.6 is 0 Å². The van der Waals surface area contributed by atoms with Gasteiger partial charge in [0, 0.05) is 12.2 Å². The lowest BCUT2D eigenvalue weighted by Gasteiger charge is -2.26. The molecule has 1 aliphatic heterocycles. The second-order valence-corrected chi connectivity index (χ2v) is 4.29. The molecule has 0 saturated carbocycles. The Morgan fingerprint density at radius 1 is 1.35 bits per heavy atom. The second kappa shape index (κ2) is 3.69. The minimum Gasteiger partial charge on any atom is -0.399 e. The van der Waals surface area contributed by atoms with Gasteiger partial charge >= 0.3 is 0 Å². The Hall–Kier alpha value is -2.17. The zero-order valence-electron chi connectivity index (χ0n) is 9.43. The number of nitrogens with one attached hydrogen (secondary N) is 1. The Morgan fingerprint density at radius 3 is 3.06 bits per heavy atom. The van der Waals surface area contributed by atoms with E-state index in [9.17, 15) is 0 Å². The molecule has 17 heavy (non-hydrogen) atoms. The van der Waals surface area contributed by atoms with E-state index in [0.717, 1.165) is 24.5 Å². The van der Waals surface area contributed by atoms with Gasteiger partial charge in [0.1, 0.15) is 5.82 Å². The molecule has 0 amide bonds. The molecule has 0 radical (unpaired) electrons. The Labute approximate surface area is 99.4 Å². The molecule has 1 aromatic heterocycles. The second-order valence-electron chi connectivity index (χ2n) is 4.29. The van der Waals surface area contributed by atoms with Crippen LogP contribution in [0.5, 0.6) is 0 Å². The van der Waals surface area contributed by atoms with E-state index in [2.05, 4.69) is 16.5 Å². The lowest BCUT2D eigenvalue weighted by Crippen LogP contribution is -2.24. The molecule has 5 nitrogen and oxygen atoms in total. The maximum atomic E-state index is 5.86. The van der Waals surface area contributed by atoms with Crippen LogP contribution < -0.4 is 16.8 Å². The van der Waals surface area contributed by atoms with Crippen molar-refractivity contribution in [3.8, 4) is 0 Å². The summed E-state index contributed by atoms with van der Waals surface area (Å²) in [4.78, 5) is 0. The summed E-state index contributed by atoms with van der Waals surface area (Å²) >= 11 is 0. The Morgan fingerprint density at radius 2 is 2.24 bits per heavy atom. The van der Waals surface area contributed by atoms with Gasteiger partial charge < -0.3 is 16.8 Å². The van der Waals surface area contributed by atoms with Crippen LogP contribution in [0.4, 0.5) is 17.2 Å². The molecular formula is C12H15N5. The van der Waals surface area contributed by atoms with Gasteiger partial charge in [-0.05, 0) is 24.1 Å². The highest BCUT2D eigenvalue weighted by molar-refractivity contribution is 5.62. The summed E-state index contributed by atoms with van der Waals surface area (Å²) in [6.07, 6.45) is 2.67. The summed E-state index contributed by atoms with van der Waals surface area (Å²) in [6.45, 7) is 0.898. The fourth-order valence-electron chi connectivity index (χ4n) is 2.32. The van der Waals surface area contributed by atoms with Crippen molar-refractivity contribution in [1.29, 1.82) is 0 Å². The largest absolute Gasteiger partial charge is 0.399 e. The molecule has 1 aromatic carbocycles. The highest BCUT2D eigenvalue weighted by atomic mass is 15.4. The molecule has 0 saturated heterocycles. The molecular weight excluding hydrogens is 214 g/mol. The highest BCUT2D eigenvalue weighted by Gasteiger charge is 2.23. The van der Waals surface area contributed by atoms with Crippen LogP contribution in [0.15, 0.2) is 30.5 Å². The van der Waals surface area contributed by atoms with Crippen molar-refractivity contribution >= 4 is 17.2 Å². The van der Waals surface area contributed by atoms with Gasteiger partial charge in [0.2, 0.25) is 0 Å². The highest BCUT2D eigenvalue weighted by Crippen LogP contribution is 2.32. The van der Waals surface area contributed by atoms with Crippen molar-refractivity contribution in [2.24, 2.45) is 0 Å². The van der Waals surface area contributed by atoms with E-state index in [1.807, 2.05) is 22.9 Å². The monoisotopic (exact) mass is 229 g/mol. The van der Waals surface area contributed by atoms with Gasteiger partial charge in [0.25, 0.3) is 0 Å². The predicted molar refractivity (Wildman–Crippen MR) is 68.7 cm³/mol. The van der Waals surface area contributed by atoms with E-state index in [0.29, 0.717) is 5.69 Å². The molecule has 2 heterocycles. The summed E-state index contributed by atoms with van der Waals surface area (Å²) in [6, 6.07) is 8.15. The van der Waals surface area contributed by atoms with Crippen LogP contribution in [0.2, 0.25) is 0 Å². The molecule has 3 rings (SSSR count). The van der Waals surface area contributed by atoms with Crippen LogP contribution in [0.25, 0.3) is 0 Å². The Kier molecular flexibility index (Phi) is 2.18. The van der Waals surface area contributed by atoms with Gasteiger partial charge in [-0.15, -0.1) is 0 Å². The van der Waals surface area contributed by atoms with Crippen molar-refractivity contribution in [3.63, 3.8) is 0 Å². The molecule has 1 aliphatic rings. The third-order valence-electron chi connectivity index (χ3n) is 3.12. The molecule has 2 aromatic rings. The fourth-order valence-corrected chi connectivity index (χ4v) is 2.32. The van der Waals surface area contributed by atoms with Gasteiger partial charge in [0.05, 0.1) is 17.9 Å². The number of fused-ring (bicyclic) bond motifs is 1. The van der Waals surface area contributed by atoms with E-state index < -0.39 is 0 Å². The number of hydrogen-bond acceptors (Lipinski definition) is 4. The van der Waals surface area contributed by atoms with Crippen LogP contribution in [0, 0.1) is 0 Å². The van der Waals surface area contributed by atoms with Crippen molar-refractivity contribution in [2.45, 2.75) is 12.5 Å².